The Morgan fingerprint density at radius 1 is 1.08 bits per heavy atom. The Morgan fingerprint density at radius 3 is 2.51 bits per heavy atom. The van der Waals surface area contributed by atoms with Crippen LogP contribution in [-0.4, -0.2) is 61.9 Å². The van der Waals surface area contributed by atoms with Crippen molar-refractivity contribution in [2.24, 2.45) is 0 Å². The number of nitrogens with zero attached hydrogens (tertiary/aromatic N) is 3. The highest BCUT2D eigenvalue weighted by atomic mass is 16.5. The van der Waals surface area contributed by atoms with E-state index in [-0.39, 0.29) is 5.41 Å². The molecule has 0 atom stereocenters. The summed E-state index contributed by atoms with van der Waals surface area (Å²) in [6, 6.07) is 15.7. The number of anilines is 3. The van der Waals surface area contributed by atoms with Crippen LogP contribution in [0.5, 0.6) is 11.5 Å². The first-order valence-corrected chi connectivity index (χ1v) is 12.3. The predicted molar refractivity (Wildman–Crippen MR) is 141 cm³/mol. The third kappa shape index (κ3) is 7.55. The van der Waals surface area contributed by atoms with Crippen molar-refractivity contribution in [3.63, 3.8) is 0 Å². The van der Waals surface area contributed by atoms with E-state index in [1.807, 2.05) is 45.0 Å². The van der Waals surface area contributed by atoms with Gasteiger partial charge in [0.1, 0.15) is 17.3 Å². The Kier molecular flexibility index (Phi) is 8.42. The fourth-order valence-electron chi connectivity index (χ4n) is 3.75. The Hall–Kier alpha value is -3.89. The Labute approximate surface area is 216 Å². The quantitative estimate of drug-likeness (QED) is 0.404. The van der Waals surface area contributed by atoms with E-state index in [9.17, 15) is 9.59 Å². The Morgan fingerprint density at radius 2 is 1.84 bits per heavy atom. The number of rotatable bonds is 9. The van der Waals surface area contributed by atoms with Crippen molar-refractivity contribution in [3.8, 4) is 11.5 Å². The van der Waals surface area contributed by atoms with Gasteiger partial charge in [-0.3, -0.25) is 15.0 Å². The van der Waals surface area contributed by atoms with Crippen LogP contribution in [0.15, 0.2) is 59.1 Å². The smallest absolute Gasteiger partial charge is 0.324 e. The molecule has 0 bridgehead atoms. The summed E-state index contributed by atoms with van der Waals surface area (Å²) in [6.07, 6.45) is 0.841. The van der Waals surface area contributed by atoms with Gasteiger partial charge >= 0.3 is 6.03 Å². The molecule has 3 aromatic rings. The van der Waals surface area contributed by atoms with E-state index in [1.54, 1.807) is 35.2 Å². The maximum Gasteiger partial charge on any atom is 0.324 e. The zero-order valence-electron chi connectivity index (χ0n) is 21.4. The van der Waals surface area contributed by atoms with Gasteiger partial charge in [-0.05, 0) is 36.4 Å². The van der Waals surface area contributed by atoms with E-state index < -0.39 is 6.03 Å². The molecule has 37 heavy (non-hydrogen) atoms. The lowest BCUT2D eigenvalue weighted by molar-refractivity contribution is -0.107. The molecule has 2 N–H and O–H groups in total. The summed E-state index contributed by atoms with van der Waals surface area (Å²) in [6.45, 7) is 10.6. The minimum absolute atomic E-state index is 0.201. The van der Waals surface area contributed by atoms with Crippen LogP contribution < -0.4 is 20.3 Å². The highest BCUT2D eigenvalue weighted by Gasteiger charge is 2.20. The van der Waals surface area contributed by atoms with Crippen LogP contribution >= 0.6 is 0 Å². The summed E-state index contributed by atoms with van der Waals surface area (Å²) in [5.41, 5.74) is 1.15. The van der Waals surface area contributed by atoms with Gasteiger partial charge in [-0.1, -0.05) is 32.0 Å². The van der Waals surface area contributed by atoms with Gasteiger partial charge in [0, 0.05) is 55.1 Å². The molecular formula is C27H33N5O5. The molecule has 0 spiro atoms. The highest BCUT2D eigenvalue weighted by Crippen LogP contribution is 2.27. The number of benzene rings is 2. The molecule has 1 aromatic heterocycles. The molecule has 196 valence electrons. The van der Waals surface area contributed by atoms with Gasteiger partial charge in [0.05, 0.1) is 13.2 Å². The first kappa shape index (κ1) is 26.2. The minimum Gasteiger partial charge on any atom is -0.457 e. The van der Waals surface area contributed by atoms with Crippen LogP contribution in [0.25, 0.3) is 0 Å². The van der Waals surface area contributed by atoms with Gasteiger partial charge in [0.15, 0.2) is 5.82 Å². The number of aromatic nitrogens is 1. The van der Waals surface area contributed by atoms with E-state index >= 15 is 0 Å². The number of urea groups is 1. The second-order valence-electron chi connectivity index (χ2n) is 9.78. The molecule has 0 radical (unpaired) electrons. The average molecular weight is 508 g/mol. The molecule has 0 aliphatic carbocycles. The number of ether oxygens (including phenoxy) is 2. The average Bonchev–Trinajstić information content (AvgIpc) is 3.36. The van der Waals surface area contributed by atoms with Crippen molar-refractivity contribution in [2.75, 3.05) is 54.9 Å². The van der Waals surface area contributed by atoms with Crippen molar-refractivity contribution in [1.82, 2.24) is 10.1 Å². The Balaban J connectivity index is 1.30. The van der Waals surface area contributed by atoms with E-state index in [0.29, 0.717) is 35.3 Å². The zero-order valence-corrected chi connectivity index (χ0v) is 21.4. The van der Waals surface area contributed by atoms with Crippen LogP contribution in [0.1, 0.15) is 26.5 Å². The minimum atomic E-state index is -0.429. The van der Waals surface area contributed by atoms with Gasteiger partial charge in [0.2, 0.25) is 6.41 Å². The first-order valence-electron chi connectivity index (χ1n) is 12.3. The predicted octanol–water partition coefficient (Wildman–Crippen LogP) is 4.70. The van der Waals surface area contributed by atoms with Gasteiger partial charge in [-0.15, -0.1) is 0 Å². The van der Waals surface area contributed by atoms with Gasteiger partial charge in [0.25, 0.3) is 0 Å². The molecule has 2 aromatic carbocycles. The van der Waals surface area contributed by atoms with Crippen molar-refractivity contribution in [3.05, 3.63) is 60.4 Å². The van der Waals surface area contributed by atoms with Crippen molar-refractivity contribution >= 4 is 29.6 Å². The van der Waals surface area contributed by atoms with Crippen LogP contribution in [0, 0.1) is 0 Å². The summed E-state index contributed by atoms with van der Waals surface area (Å²) in [5, 5.41) is 9.31. The molecule has 10 nitrogen and oxygen atoms in total. The molecule has 0 saturated carbocycles. The molecule has 0 unspecified atom stereocenters. The van der Waals surface area contributed by atoms with E-state index in [2.05, 4.69) is 20.7 Å². The fourth-order valence-corrected chi connectivity index (χ4v) is 3.75. The van der Waals surface area contributed by atoms with E-state index in [4.69, 9.17) is 14.0 Å². The largest absolute Gasteiger partial charge is 0.457 e. The summed E-state index contributed by atoms with van der Waals surface area (Å²) in [4.78, 5) is 28.0. The lowest BCUT2D eigenvalue weighted by Gasteiger charge is -2.28. The number of carbonyl (C=O) groups excluding carboxylic acids is 2. The van der Waals surface area contributed by atoms with E-state index in [1.165, 1.54) is 0 Å². The molecule has 3 amide bonds. The van der Waals surface area contributed by atoms with E-state index in [0.717, 1.165) is 44.9 Å². The topological polar surface area (TPSA) is 109 Å². The van der Waals surface area contributed by atoms with Crippen LogP contribution in [-0.2, 0) is 14.9 Å². The van der Waals surface area contributed by atoms with Gasteiger partial charge < -0.3 is 24.2 Å². The lowest BCUT2D eigenvalue weighted by Crippen LogP contribution is -2.41. The summed E-state index contributed by atoms with van der Waals surface area (Å²) >= 11 is 0. The maximum atomic E-state index is 12.3. The highest BCUT2D eigenvalue weighted by molar-refractivity contribution is 5.99. The molecule has 10 heteroatoms. The molecule has 2 heterocycles. The van der Waals surface area contributed by atoms with Crippen molar-refractivity contribution in [1.29, 1.82) is 0 Å². The lowest BCUT2D eigenvalue weighted by atomic mass is 9.93. The third-order valence-electron chi connectivity index (χ3n) is 5.88. The molecule has 1 fully saturated rings. The Bertz CT molecular complexity index is 1180. The number of hydrogen-bond acceptors (Lipinski definition) is 7. The summed E-state index contributed by atoms with van der Waals surface area (Å²) < 4.78 is 16.6. The zero-order chi connectivity index (χ0) is 26.3. The van der Waals surface area contributed by atoms with Gasteiger partial charge in [-0.2, -0.15) is 0 Å². The number of morpholine rings is 1. The normalized spacial score (nSPS) is 14.1. The first-order chi connectivity index (χ1) is 17.8. The second kappa shape index (κ2) is 11.9. The number of amides is 3. The standard InChI is InChI=1S/C27H33N5O5/c1-27(2,3)24-18-25(30-37-24)29-26(34)28-20-7-9-22(10-8-20)36-23-6-4-5-21(17-23)32(19-33)12-11-31-13-15-35-16-14-31/h4-10,17-19H,11-16H2,1-3H3,(H2,28,29,30,34). The number of carbonyl (C=O) groups is 2. The fraction of sp³-hybridized carbons (Fsp3) is 0.370. The van der Waals surface area contributed by atoms with Gasteiger partial charge in [-0.25, -0.2) is 4.79 Å². The van der Waals surface area contributed by atoms with Crippen molar-refractivity contribution in [2.45, 2.75) is 26.2 Å². The number of nitrogens with one attached hydrogen (secondary N) is 2. The summed E-state index contributed by atoms with van der Waals surface area (Å²) in [5.74, 6) is 2.23. The van der Waals surface area contributed by atoms with Crippen LogP contribution in [0.4, 0.5) is 22.0 Å². The monoisotopic (exact) mass is 507 g/mol. The summed E-state index contributed by atoms with van der Waals surface area (Å²) in [7, 11) is 0. The molecular weight excluding hydrogens is 474 g/mol. The molecule has 4 rings (SSSR count). The van der Waals surface area contributed by atoms with Crippen LogP contribution in [0.3, 0.4) is 0 Å². The van der Waals surface area contributed by atoms with Crippen molar-refractivity contribution < 1.29 is 23.6 Å². The molecule has 1 aliphatic heterocycles. The second-order valence-corrected chi connectivity index (χ2v) is 9.78. The number of hydrogen-bond donors (Lipinski definition) is 2. The molecule has 1 aliphatic rings. The van der Waals surface area contributed by atoms with Crippen LogP contribution in [0.2, 0.25) is 0 Å². The molecule has 1 saturated heterocycles. The maximum absolute atomic E-state index is 12.3. The third-order valence-corrected chi connectivity index (χ3v) is 5.88. The SMILES string of the molecule is CC(C)(C)c1cc(NC(=O)Nc2ccc(Oc3cccc(N(C=O)CCN4CCOCC4)c3)cc2)no1.